The van der Waals surface area contributed by atoms with Gasteiger partial charge in [-0.3, -0.25) is 0 Å². The molecule has 0 atom stereocenters. The van der Waals surface area contributed by atoms with E-state index in [9.17, 15) is 0 Å². The molecule has 0 aliphatic carbocycles. The van der Waals surface area contributed by atoms with Crippen LogP contribution in [-0.4, -0.2) is 10.2 Å². The number of nitrogens with zero attached hydrogens (tertiary/aromatic N) is 2. The second-order valence-electron chi connectivity index (χ2n) is 4.86. The third-order valence-electron chi connectivity index (χ3n) is 3.01. The number of hydrogen-bond acceptors (Lipinski definition) is 5. The lowest BCUT2D eigenvalue weighted by atomic mass is 10.2. The number of nitrogens with one attached hydrogen (secondary N) is 1. The van der Waals surface area contributed by atoms with Crippen LogP contribution < -0.4 is 10.1 Å². The van der Waals surface area contributed by atoms with Crippen LogP contribution in [0.3, 0.4) is 0 Å². The van der Waals surface area contributed by atoms with Crippen molar-refractivity contribution < 1.29 is 9.15 Å². The zero-order valence-electron chi connectivity index (χ0n) is 12.2. The van der Waals surface area contributed by atoms with E-state index in [1.165, 1.54) is 5.56 Å². The molecule has 0 saturated carbocycles. The van der Waals surface area contributed by atoms with E-state index in [0.717, 1.165) is 5.69 Å². The first kappa shape index (κ1) is 15.6. The van der Waals surface area contributed by atoms with Crippen molar-refractivity contribution in [3.8, 4) is 5.75 Å². The average molecular weight is 350 g/mol. The highest BCUT2D eigenvalue weighted by Gasteiger charge is 2.09. The van der Waals surface area contributed by atoms with Gasteiger partial charge in [0.1, 0.15) is 5.75 Å². The molecule has 0 bridgehead atoms. The number of benzene rings is 2. The fourth-order valence-electron chi connectivity index (χ4n) is 1.85. The quantitative estimate of drug-likeness (QED) is 0.701. The Morgan fingerprint density at radius 3 is 2.65 bits per heavy atom. The third-order valence-corrected chi connectivity index (χ3v) is 3.56. The van der Waals surface area contributed by atoms with Crippen LogP contribution in [0, 0.1) is 6.92 Å². The van der Waals surface area contributed by atoms with E-state index >= 15 is 0 Å². The van der Waals surface area contributed by atoms with Crippen LogP contribution in [0.4, 0.5) is 11.7 Å². The van der Waals surface area contributed by atoms with Crippen LogP contribution in [-0.2, 0) is 6.61 Å². The molecular weight excluding hydrogens is 337 g/mol. The summed E-state index contributed by atoms with van der Waals surface area (Å²) in [7, 11) is 0. The summed E-state index contributed by atoms with van der Waals surface area (Å²) < 4.78 is 11.0. The van der Waals surface area contributed by atoms with Gasteiger partial charge < -0.3 is 14.5 Å². The summed E-state index contributed by atoms with van der Waals surface area (Å²) in [6.07, 6.45) is 0. The minimum absolute atomic E-state index is 0.0998. The van der Waals surface area contributed by atoms with E-state index < -0.39 is 0 Å². The summed E-state index contributed by atoms with van der Waals surface area (Å²) in [4.78, 5) is 0. The Bertz CT molecular complexity index is 803. The van der Waals surface area contributed by atoms with E-state index in [-0.39, 0.29) is 6.61 Å². The fourth-order valence-corrected chi connectivity index (χ4v) is 2.18. The molecule has 7 heteroatoms. The molecule has 3 aromatic rings. The Kier molecular flexibility index (Phi) is 4.69. The number of hydrogen-bond donors (Lipinski definition) is 1. The normalized spacial score (nSPS) is 10.6. The molecule has 0 spiro atoms. The Morgan fingerprint density at radius 2 is 1.87 bits per heavy atom. The van der Waals surface area contributed by atoms with Crippen molar-refractivity contribution in [2.45, 2.75) is 13.5 Å². The van der Waals surface area contributed by atoms with Crippen molar-refractivity contribution in [3.05, 3.63) is 64.0 Å². The van der Waals surface area contributed by atoms with Crippen LogP contribution in [0.15, 0.2) is 46.9 Å². The van der Waals surface area contributed by atoms with Gasteiger partial charge in [0.15, 0.2) is 6.61 Å². The lowest BCUT2D eigenvalue weighted by Crippen LogP contribution is -1.96. The summed E-state index contributed by atoms with van der Waals surface area (Å²) in [5.74, 6) is 0.793. The summed E-state index contributed by atoms with van der Waals surface area (Å²) in [6, 6.07) is 13.1. The third kappa shape index (κ3) is 4.15. The first-order valence-corrected chi connectivity index (χ1v) is 7.60. The van der Waals surface area contributed by atoms with Crippen molar-refractivity contribution in [1.29, 1.82) is 0 Å². The highest BCUT2D eigenvalue weighted by atomic mass is 35.5. The molecule has 1 aromatic heterocycles. The number of anilines is 2. The molecule has 23 heavy (non-hydrogen) atoms. The number of aryl methyl sites for hydroxylation is 1. The maximum absolute atomic E-state index is 6.03. The Balaban J connectivity index is 1.63. The fraction of sp³-hybridized carbons (Fsp3) is 0.125. The summed E-state index contributed by atoms with van der Waals surface area (Å²) >= 11 is 11.9. The summed E-state index contributed by atoms with van der Waals surface area (Å²) in [5, 5.41) is 11.9. The zero-order chi connectivity index (χ0) is 16.2. The first-order valence-electron chi connectivity index (χ1n) is 6.84. The van der Waals surface area contributed by atoms with Gasteiger partial charge in [-0.25, -0.2) is 0 Å². The SMILES string of the molecule is Cc1ccc(Nc2nnc(COc3cc(Cl)ccc3Cl)o2)cc1. The van der Waals surface area contributed by atoms with Gasteiger partial charge in [-0.2, -0.15) is 0 Å². The van der Waals surface area contributed by atoms with E-state index in [4.69, 9.17) is 32.4 Å². The van der Waals surface area contributed by atoms with Gasteiger partial charge in [-0.1, -0.05) is 46.0 Å². The molecular formula is C16H13Cl2N3O2. The van der Waals surface area contributed by atoms with Gasteiger partial charge in [0.05, 0.1) is 5.02 Å². The van der Waals surface area contributed by atoms with Crippen molar-refractivity contribution in [2.75, 3.05) is 5.32 Å². The van der Waals surface area contributed by atoms with Crippen LogP contribution in [0.2, 0.25) is 10.0 Å². The smallest absolute Gasteiger partial charge is 0.320 e. The molecule has 1 heterocycles. The van der Waals surface area contributed by atoms with Gasteiger partial charge in [0, 0.05) is 16.8 Å². The lowest BCUT2D eigenvalue weighted by molar-refractivity contribution is 0.265. The average Bonchev–Trinajstić information content (AvgIpc) is 2.98. The van der Waals surface area contributed by atoms with Crippen molar-refractivity contribution >= 4 is 34.9 Å². The van der Waals surface area contributed by atoms with Crippen LogP contribution in [0.1, 0.15) is 11.5 Å². The molecule has 0 amide bonds. The number of aromatic nitrogens is 2. The predicted molar refractivity (Wildman–Crippen MR) is 89.6 cm³/mol. The molecule has 118 valence electrons. The topological polar surface area (TPSA) is 60.2 Å². The van der Waals surface area contributed by atoms with Gasteiger partial charge in [0.2, 0.25) is 0 Å². The maximum Gasteiger partial charge on any atom is 0.320 e. The lowest BCUT2D eigenvalue weighted by Gasteiger charge is -2.05. The van der Waals surface area contributed by atoms with E-state index in [1.807, 2.05) is 31.2 Å². The predicted octanol–water partition coefficient (Wildman–Crippen LogP) is 5.01. The molecule has 0 radical (unpaired) electrons. The minimum Gasteiger partial charge on any atom is -0.482 e. The van der Waals surface area contributed by atoms with Gasteiger partial charge >= 0.3 is 6.01 Å². The zero-order valence-corrected chi connectivity index (χ0v) is 13.7. The minimum atomic E-state index is 0.0998. The monoisotopic (exact) mass is 349 g/mol. The molecule has 0 saturated heterocycles. The number of halogens is 2. The molecule has 1 N–H and O–H groups in total. The van der Waals surface area contributed by atoms with E-state index in [0.29, 0.717) is 27.7 Å². The second kappa shape index (κ2) is 6.89. The summed E-state index contributed by atoms with van der Waals surface area (Å²) in [6.45, 7) is 2.12. The van der Waals surface area contributed by atoms with Crippen molar-refractivity contribution in [2.24, 2.45) is 0 Å². The molecule has 2 aromatic carbocycles. The van der Waals surface area contributed by atoms with Crippen molar-refractivity contribution in [3.63, 3.8) is 0 Å². The molecule has 0 aliphatic rings. The number of ether oxygens (including phenoxy) is 1. The Morgan fingerprint density at radius 1 is 1.09 bits per heavy atom. The second-order valence-corrected chi connectivity index (χ2v) is 5.70. The number of rotatable bonds is 5. The molecule has 0 unspecified atom stereocenters. The van der Waals surface area contributed by atoms with E-state index in [1.54, 1.807) is 18.2 Å². The molecule has 0 aliphatic heterocycles. The highest BCUT2D eigenvalue weighted by molar-refractivity contribution is 6.34. The van der Waals surface area contributed by atoms with Gasteiger partial charge in [0.25, 0.3) is 5.89 Å². The maximum atomic E-state index is 6.03. The highest BCUT2D eigenvalue weighted by Crippen LogP contribution is 2.28. The Labute approximate surface area is 143 Å². The van der Waals surface area contributed by atoms with Crippen LogP contribution in [0.25, 0.3) is 0 Å². The Hall–Kier alpha value is -2.24. The molecule has 5 nitrogen and oxygen atoms in total. The van der Waals surface area contributed by atoms with Gasteiger partial charge in [-0.15, -0.1) is 5.10 Å². The largest absolute Gasteiger partial charge is 0.482 e. The standard InChI is InChI=1S/C16H13Cl2N3O2/c1-10-2-5-12(6-3-10)19-16-21-20-15(23-16)9-22-14-8-11(17)4-7-13(14)18/h2-8H,9H2,1H3,(H,19,21). The molecule has 3 rings (SSSR count). The van der Waals surface area contributed by atoms with Gasteiger partial charge in [-0.05, 0) is 31.2 Å². The van der Waals surface area contributed by atoms with Crippen molar-refractivity contribution in [1.82, 2.24) is 10.2 Å². The first-order chi connectivity index (χ1) is 11.1. The van der Waals surface area contributed by atoms with E-state index in [2.05, 4.69) is 15.5 Å². The van der Waals surface area contributed by atoms with Crippen LogP contribution in [0.5, 0.6) is 5.75 Å². The van der Waals surface area contributed by atoms with Crippen LogP contribution >= 0.6 is 23.2 Å². The summed E-state index contributed by atoms with van der Waals surface area (Å²) in [5.41, 5.74) is 2.04. The molecule has 0 fully saturated rings.